The third kappa shape index (κ3) is 5.59. The Bertz CT molecular complexity index is 824. The number of aromatic nitrogens is 3. The van der Waals surface area contributed by atoms with Crippen molar-refractivity contribution >= 4 is 29.6 Å². The summed E-state index contributed by atoms with van der Waals surface area (Å²) in [4.78, 5) is 13.3. The molecule has 0 radical (unpaired) electrons. The van der Waals surface area contributed by atoms with Crippen LogP contribution in [-0.2, 0) is 4.79 Å². The van der Waals surface area contributed by atoms with Gasteiger partial charge in [0.05, 0.1) is 12.0 Å². The van der Waals surface area contributed by atoms with Gasteiger partial charge in [0, 0.05) is 24.7 Å². The SMILES string of the molecule is CCN(CC)c1ccc(/C=N\n2c(SCC(=O)O)nnc2C2CCCCC2)cc1. The Morgan fingerprint density at radius 2 is 1.90 bits per heavy atom. The van der Waals surface area contributed by atoms with E-state index in [1.54, 1.807) is 10.9 Å². The van der Waals surface area contributed by atoms with E-state index in [1.165, 1.54) is 24.9 Å². The first kappa shape index (κ1) is 21.4. The molecule has 0 unspecified atom stereocenters. The Labute approximate surface area is 176 Å². The van der Waals surface area contributed by atoms with Crippen molar-refractivity contribution in [3.8, 4) is 0 Å². The lowest BCUT2D eigenvalue weighted by molar-refractivity contribution is -0.133. The summed E-state index contributed by atoms with van der Waals surface area (Å²) in [6, 6.07) is 8.29. The number of carbonyl (C=O) groups is 1. The van der Waals surface area contributed by atoms with E-state index in [4.69, 9.17) is 5.11 Å². The minimum atomic E-state index is -0.875. The smallest absolute Gasteiger partial charge is 0.313 e. The van der Waals surface area contributed by atoms with E-state index in [1.807, 2.05) is 12.1 Å². The first-order valence-electron chi connectivity index (χ1n) is 10.3. The van der Waals surface area contributed by atoms with Gasteiger partial charge in [-0.05, 0) is 44.4 Å². The maximum Gasteiger partial charge on any atom is 0.313 e. The van der Waals surface area contributed by atoms with E-state index >= 15 is 0 Å². The van der Waals surface area contributed by atoms with Gasteiger partial charge in [-0.3, -0.25) is 4.79 Å². The fourth-order valence-electron chi connectivity index (χ4n) is 3.70. The zero-order valence-corrected chi connectivity index (χ0v) is 17.9. The number of aliphatic carboxylic acids is 1. The number of benzene rings is 1. The van der Waals surface area contributed by atoms with Crippen molar-refractivity contribution in [3.63, 3.8) is 0 Å². The fraction of sp³-hybridized carbons (Fsp3) is 0.524. The molecule has 1 saturated carbocycles. The van der Waals surface area contributed by atoms with Crippen LogP contribution >= 0.6 is 11.8 Å². The number of nitrogens with zero attached hydrogens (tertiary/aromatic N) is 5. The second-order valence-electron chi connectivity index (χ2n) is 7.18. The monoisotopic (exact) mass is 415 g/mol. The summed E-state index contributed by atoms with van der Waals surface area (Å²) in [6.45, 7) is 6.24. The molecule has 1 aliphatic rings. The zero-order valence-electron chi connectivity index (χ0n) is 17.1. The van der Waals surface area contributed by atoms with E-state index in [2.05, 4.69) is 46.2 Å². The Kier molecular flexibility index (Phi) is 7.69. The summed E-state index contributed by atoms with van der Waals surface area (Å²) in [7, 11) is 0. The second-order valence-corrected chi connectivity index (χ2v) is 8.12. The zero-order chi connectivity index (χ0) is 20.6. The van der Waals surface area contributed by atoms with Gasteiger partial charge in [0.25, 0.3) is 0 Å². The van der Waals surface area contributed by atoms with Crippen molar-refractivity contribution in [2.75, 3.05) is 23.7 Å². The molecular weight excluding hydrogens is 386 g/mol. The van der Waals surface area contributed by atoms with Crippen molar-refractivity contribution in [3.05, 3.63) is 35.7 Å². The number of thioether (sulfide) groups is 1. The van der Waals surface area contributed by atoms with Crippen LogP contribution in [0, 0.1) is 0 Å². The first-order chi connectivity index (χ1) is 14.1. The number of carboxylic acids is 1. The molecule has 1 aromatic heterocycles. The highest BCUT2D eigenvalue weighted by atomic mass is 32.2. The van der Waals surface area contributed by atoms with Gasteiger partial charge in [-0.1, -0.05) is 43.2 Å². The molecular formula is C21H29N5O2S. The number of hydrogen-bond donors (Lipinski definition) is 1. The highest BCUT2D eigenvalue weighted by molar-refractivity contribution is 7.99. The van der Waals surface area contributed by atoms with Crippen molar-refractivity contribution in [2.24, 2.45) is 5.10 Å². The van der Waals surface area contributed by atoms with Crippen LogP contribution in [0.1, 0.15) is 63.3 Å². The molecule has 8 heteroatoms. The average molecular weight is 416 g/mol. The van der Waals surface area contributed by atoms with Gasteiger partial charge in [-0.25, -0.2) is 0 Å². The summed E-state index contributed by atoms with van der Waals surface area (Å²) in [5.74, 6) is 0.239. The maximum atomic E-state index is 11.0. The number of anilines is 1. The second kappa shape index (κ2) is 10.4. The molecule has 156 valence electrons. The predicted molar refractivity (Wildman–Crippen MR) is 117 cm³/mol. The minimum Gasteiger partial charge on any atom is -0.481 e. The highest BCUT2D eigenvalue weighted by Gasteiger charge is 2.23. The lowest BCUT2D eigenvalue weighted by Crippen LogP contribution is -2.21. The third-order valence-corrected chi connectivity index (χ3v) is 6.18. The lowest BCUT2D eigenvalue weighted by Gasteiger charge is -2.21. The van der Waals surface area contributed by atoms with Crippen molar-refractivity contribution in [1.29, 1.82) is 0 Å². The van der Waals surface area contributed by atoms with Gasteiger partial charge in [0.1, 0.15) is 0 Å². The Hall–Kier alpha value is -2.35. The van der Waals surface area contributed by atoms with E-state index in [0.29, 0.717) is 11.1 Å². The summed E-state index contributed by atoms with van der Waals surface area (Å²) >= 11 is 1.16. The summed E-state index contributed by atoms with van der Waals surface area (Å²) in [6.07, 6.45) is 7.59. The molecule has 1 N–H and O–H groups in total. The van der Waals surface area contributed by atoms with Crippen molar-refractivity contribution in [1.82, 2.24) is 14.9 Å². The molecule has 3 rings (SSSR count). The van der Waals surface area contributed by atoms with Crippen LogP contribution in [0.15, 0.2) is 34.5 Å². The molecule has 1 fully saturated rings. The Morgan fingerprint density at radius 1 is 1.21 bits per heavy atom. The van der Waals surface area contributed by atoms with Gasteiger partial charge in [-0.2, -0.15) is 9.78 Å². The molecule has 0 aliphatic heterocycles. The average Bonchev–Trinajstić information content (AvgIpc) is 3.16. The predicted octanol–water partition coefficient (Wildman–Crippen LogP) is 4.23. The summed E-state index contributed by atoms with van der Waals surface area (Å²) in [5, 5.41) is 22.8. The van der Waals surface area contributed by atoms with Crippen LogP contribution in [0.2, 0.25) is 0 Å². The van der Waals surface area contributed by atoms with E-state index in [-0.39, 0.29) is 5.75 Å². The molecule has 1 heterocycles. The molecule has 1 aliphatic carbocycles. The molecule has 29 heavy (non-hydrogen) atoms. The van der Waals surface area contributed by atoms with E-state index in [9.17, 15) is 4.79 Å². The van der Waals surface area contributed by atoms with Gasteiger partial charge >= 0.3 is 5.97 Å². The molecule has 1 aromatic carbocycles. The molecule has 0 saturated heterocycles. The number of hydrogen-bond acceptors (Lipinski definition) is 6. The largest absolute Gasteiger partial charge is 0.481 e. The number of rotatable bonds is 9. The molecule has 7 nitrogen and oxygen atoms in total. The third-order valence-electron chi connectivity index (χ3n) is 5.28. The first-order valence-corrected chi connectivity index (χ1v) is 11.3. The van der Waals surface area contributed by atoms with Gasteiger partial charge in [-0.15, -0.1) is 10.2 Å². The standard InChI is InChI=1S/C21H29N5O2S/c1-3-25(4-2)18-12-10-16(11-13-18)14-22-26-20(17-8-6-5-7-9-17)23-24-21(26)29-15-19(27)28/h10-14,17H,3-9,15H2,1-2H3,(H,27,28)/b22-14-. The van der Waals surface area contributed by atoms with Crippen molar-refractivity contribution < 1.29 is 9.90 Å². The van der Waals surface area contributed by atoms with Gasteiger partial charge < -0.3 is 10.0 Å². The van der Waals surface area contributed by atoms with Crippen LogP contribution in [0.3, 0.4) is 0 Å². The molecule has 0 bridgehead atoms. The van der Waals surface area contributed by atoms with Crippen molar-refractivity contribution in [2.45, 2.75) is 57.0 Å². The Morgan fingerprint density at radius 3 is 2.52 bits per heavy atom. The molecule has 0 atom stereocenters. The van der Waals surface area contributed by atoms with Gasteiger partial charge in [0.2, 0.25) is 5.16 Å². The fourth-order valence-corrected chi connectivity index (χ4v) is 4.32. The quantitative estimate of drug-likeness (QED) is 0.487. The van der Waals surface area contributed by atoms with Crippen LogP contribution in [0.5, 0.6) is 0 Å². The lowest BCUT2D eigenvalue weighted by atomic mass is 9.89. The molecule has 0 amide bonds. The number of carboxylic acid groups (broad SMARTS) is 1. The summed E-state index contributed by atoms with van der Waals surface area (Å²) < 4.78 is 1.74. The normalized spacial score (nSPS) is 15.1. The summed E-state index contributed by atoms with van der Waals surface area (Å²) in [5.41, 5.74) is 2.18. The van der Waals surface area contributed by atoms with E-state index < -0.39 is 5.97 Å². The van der Waals surface area contributed by atoms with Crippen LogP contribution in [-0.4, -0.2) is 51.0 Å². The molecule has 2 aromatic rings. The van der Waals surface area contributed by atoms with Gasteiger partial charge in [0.15, 0.2) is 5.82 Å². The molecule has 0 spiro atoms. The maximum absolute atomic E-state index is 11.0. The van der Waals surface area contributed by atoms with Crippen LogP contribution in [0.25, 0.3) is 0 Å². The Balaban J connectivity index is 1.83. The van der Waals surface area contributed by atoms with Crippen LogP contribution < -0.4 is 4.90 Å². The van der Waals surface area contributed by atoms with Crippen LogP contribution in [0.4, 0.5) is 5.69 Å². The minimum absolute atomic E-state index is 0.0586. The van der Waals surface area contributed by atoms with E-state index in [0.717, 1.165) is 49.1 Å². The topological polar surface area (TPSA) is 83.6 Å². The highest BCUT2D eigenvalue weighted by Crippen LogP contribution is 2.33.